The highest BCUT2D eigenvalue weighted by Crippen LogP contribution is 2.03. The van der Waals surface area contributed by atoms with Crippen molar-refractivity contribution >= 4 is 5.91 Å². The summed E-state index contributed by atoms with van der Waals surface area (Å²) in [5.41, 5.74) is 0. The molecule has 4 heteroatoms. The molecular formula is C11H21NO3. The molecule has 1 amide bonds. The molecule has 0 saturated carbocycles. The van der Waals surface area contributed by atoms with E-state index in [-0.39, 0.29) is 0 Å². The molecule has 0 aromatic rings. The predicted octanol–water partition coefficient (Wildman–Crippen LogP) is 0.543. The number of aliphatic hydroxyl groups excluding tert-OH is 2. The van der Waals surface area contributed by atoms with Crippen molar-refractivity contribution in [2.75, 3.05) is 13.1 Å². The molecule has 0 radical (unpaired) electrons. The lowest BCUT2D eigenvalue weighted by atomic mass is 10.1. The third-order valence-corrected chi connectivity index (χ3v) is 2.12. The molecule has 15 heavy (non-hydrogen) atoms. The van der Waals surface area contributed by atoms with Crippen LogP contribution in [0.4, 0.5) is 0 Å². The minimum Gasteiger partial charge on any atom is -0.386 e. The van der Waals surface area contributed by atoms with Gasteiger partial charge in [0.1, 0.15) is 6.10 Å². The Labute approximate surface area is 91.2 Å². The number of rotatable bonds is 7. The summed E-state index contributed by atoms with van der Waals surface area (Å²) >= 11 is 0. The Morgan fingerprint density at radius 3 is 2.13 bits per heavy atom. The van der Waals surface area contributed by atoms with Gasteiger partial charge in [-0.15, -0.1) is 6.58 Å². The van der Waals surface area contributed by atoms with Crippen LogP contribution < -0.4 is 0 Å². The average molecular weight is 215 g/mol. The number of hydrogen-bond donors (Lipinski definition) is 2. The van der Waals surface area contributed by atoms with Crippen molar-refractivity contribution in [3.05, 3.63) is 12.7 Å². The van der Waals surface area contributed by atoms with Crippen LogP contribution in [0, 0.1) is 0 Å². The highest BCUT2D eigenvalue weighted by atomic mass is 16.3. The summed E-state index contributed by atoms with van der Waals surface area (Å²) in [7, 11) is 0. The van der Waals surface area contributed by atoms with Gasteiger partial charge in [0.25, 0.3) is 5.91 Å². The summed E-state index contributed by atoms with van der Waals surface area (Å²) in [6, 6.07) is 0. The van der Waals surface area contributed by atoms with Crippen LogP contribution in [0.25, 0.3) is 0 Å². The number of hydrogen-bond acceptors (Lipinski definition) is 3. The van der Waals surface area contributed by atoms with Gasteiger partial charge in [-0.1, -0.05) is 19.9 Å². The first-order valence-corrected chi connectivity index (χ1v) is 5.35. The van der Waals surface area contributed by atoms with Crippen molar-refractivity contribution in [1.29, 1.82) is 0 Å². The molecule has 0 heterocycles. The van der Waals surface area contributed by atoms with Crippen LogP contribution in [0.1, 0.15) is 26.7 Å². The third-order valence-electron chi connectivity index (χ3n) is 2.12. The molecule has 0 aliphatic heterocycles. The normalized spacial score (nSPS) is 14.4. The number of carbonyl (C=O) groups excluding carboxylic acids is 1. The van der Waals surface area contributed by atoms with Crippen molar-refractivity contribution in [3.63, 3.8) is 0 Å². The van der Waals surface area contributed by atoms with Crippen LogP contribution in [-0.2, 0) is 4.79 Å². The minimum absolute atomic E-state index is 0.425. The second kappa shape index (κ2) is 7.43. The zero-order chi connectivity index (χ0) is 11.8. The zero-order valence-corrected chi connectivity index (χ0v) is 9.52. The predicted molar refractivity (Wildman–Crippen MR) is 59.4 cm³/mol. The van der Waals surface area contributed by atoms with E-state index in [1.54, 1.807) is 4.90 Å². The van der Waals surface area contributed by atoms with Crippen LogP contribution in [0.5, 0.6) is 0 Å². The topological polar surface area (TPSA) is 60.8 Å². The summed E-state index contributed by atoms with van der Waals surface area (Å²) in [4.78, 5) is 13.3. The second-order valence-corrected chi connectivity index (χ2v) is 3.50. The monoisotopic (exact) mass is 215 g/mol. The fourth-order valence-electron chi connectivity index (χ4n) is 1.33. The Morgan fingerprint density at radius 1 is 1.33 bits per heavy atom. The molecule has 0 unspecified atom stereocenters. The van der Waals surface area contributed by atoms with Crippen LogP contribution in [0.2, 0.25) is 0 Å². The Balaban J connectivity index is 4.40. The van der Waals surface area contributed by atoms with E-state index < -0.39 is 18.1 Å². The SMILES string of the molecule is C=C[C@H](O)[C@H](O)C(=O)N(CCC)CCC. The summed E-state index contributed by atoms with van der Waals surface area (Å²) < 4.78 is 0. The first-order valence-electron chi connectivity index (χ1n) is 5.35. The van der Waals surface area contributed by atoms with Crippen molar-refractivity contribution in [1.82, 2.24) is 4.90 Å². The molecule has 4 nitrogen and oxygen atoms in total. The lowest BCUT2D eigenvalue weighted by molar-refractivity contribution is -0.144. The van der Waals surface area contributed by atoms with E-state index in [0.29, 0.717) is 13.1 Å². The molecular weight excluding hydrogens is 194 g/mol. The minimum atomic E-state index is -1.39. The maximum Gasteiger partial charge on any atom is 0.254 e. The zero-order valence-electron chi connectivity index (χ0n) is 9.52. The first kappa shape index (κ1) is 14.1. The Bertz CT molecular complexity index is 200. The molecule has 88 valence electrons. The molecule has 0 aromatic heterocycles. The van der Waals surface area contributed by atoms with E-state index in [9.17, 15) is 15.0 Å². The maximum atomic E-state index is 11.7. The fourth-order valence-corrected chi connectivity index (χ4v) is 1.33. The van der Waals surface area contributed by atoms with Crippen molar-refractivity contribution in [3.8, 4) is 0 Å². The number of aliphatic hydroxyl groups is 2. The third kappa shape index (κ3) is 4.44. The molecule has 0 bridgehead atoms. The van der Waals surface area contributed by atoms with Gasteiger partial charge in [-0.3, -0.25) is 4.79 Å². The summed E-state index contributed by atoms with van der Waals surface area (Å²) in [6.45, 7) is 8.47. The van der Waals surface area contributed by atoms with Gasteiger partial charge < -0.3 is 15.1 Å². The van der Waals surface area contributed by atoms with E-state index in [0.717, 1.165) is 12.8 Å². The second-order valence-electron chi connectivity index (χ2n) is 3.50. The summed E-state index contributed by atoms with van der Waals surface area (Å²) in [5.74, 6) is -0.425. The van der Waals surface area contributed by atoms with E-state index in [2.05, 4.69) is 6.58 Å². The van der Waals surface area contributed by atoms with Gasteiger partial charge in [0.2, 0.25) is 0 Å². The Hall–Kier alpha value is -0.870. The molecule has 0 aliphatic carbocycles. The van der Waals surface area contributed by atoms with Crippen LogP contribution in [-0.4, -0.2) is 46.3 Å². The van der Waals surface area contributed by atoms with Crippen LogP contribution in [0.3, 0.4) is 0 Å². The number of amides is 1. The maximum absolute atomic E-state index is 11.7. The molecule has 2 atom stereocenters. The van der Waals surface area contributed by atoms with Crippen molar-refractivity contribution < 1.29 is 15.0 Å². The van der Waals surface area contributed by atoms with Gasteiger partial charge in [-0.2, -0.15) is 0 Å². The van der Waals surface area contributed by atoms with E-state index in [1.165, 1.54) is 6.08 Å². The Kier molecular flexibility index (Phi) is 6.99. The van der Waals surface area contributed by atoms with Crippen molar-refractivity contribution in [2.24, 2.45) is 0 Å². The largest absolute Gasteiger partial charge is 0.386 e. The van der Waals surface area contributed by atoms with E-state index in [4.69, 9.17) is 0 Å². The quantitative estimate of drug-likeness (QED) is 0.609. The van der Waals surface area contributed by atoms with Gasteiger partial charge in [-0.25, -0.2) is 0 Å². The highest BCUT2D eigenvalue weighted by molar-refractivity contribution is 5.81. The summed E-state index contributed by atoms with van der Waals surface area (Å²) in [6.07, 6.45) is 0.263. The Morgan fingerprint density at radius 2 is 1.80 bits per heavy atom. The van der Waals surface area contributed by atoms with Crippen LogP contribution in [0.15, 0.2) is 12.7 Å². The average Bonchev–Trinajstić information content (AvgIpc) is 2.25. The van der Waals surface area contributed by atoms with Gasteiger partial charge in [0, 0.05) is 13.1 Å². The van der Waals surface area contributed by atoms with Crippen molar-refractivity contribution in [2.45, 2.75) is 38.9 Å². The molecule has 0 fully saturated rings. The number of carbonyl (C=O) groups is 1. The molecule has 0 rings (SSSR count). The molecule has 0 spiro atoms. The van der Waals surface area contributed by atoms with Gasteiger partial charge in [0.05, 0.1) is 0 Å². The lowest BCUT2D eigenvalue weighted by Gasteiger charge is -2.25. The lowest BCUT2D eigenvalue weighted by Crippen LogP contribution is -2.44. The number of nitrogens with zero attached hydrogens (tertiary/aromatic N) is 1. The highest BCUT2D eigenvalue weighted by Gasteiger charge is 2.25. The fraction of sp³-hybridized carbons (Fsp3) is 0.727. The van der Waals surface area contributed by atoms with Crippen LogP contribution >= 0.6 is 0 Å². The van der Waals surface area contributed by atoms with E-state index in [1.807, 2.05) is 13.8 Å². The first-order chi connectivity index (χ1) is 7.08. The molecule has 0 aromatic carbocycles. The molecule has 0 aliphatic rings. The smallest absolute Gasteiger partial charge is 0.254 e. The molecule has 2 N–H and O–H groups in total. The van der Waals surface area contributed by atoms with Gasteiger partial charge >= 0.3 is 0 Å². The van der Waals surface area contributed by atoms with Gasteiger partial charge in [0.15, 0.2) is 6.10 Å². The van der Waals surface area contributed by atoms with E-state index >= 15 is 0 Å². The summed E-state index contributed by atoms with van der Waals surface area (Å²) in [5, 5.41) is 18.8. The van der Waals surface area contributed by atoms with Gasteiger partial charge in [-0.05, 0) is 12.8 Å². The standard InChI is InChI=1S/C11H21NO3/c1-4-7-12(8-5-2)11(15)10(14)9(13)6-3/h6,9-10,13-14H,3-5,7-8H2,1-2H3/t9-,10-/m0/s1. The molecule has 0 saturated heterocycles.